The van der Waals surface area contributed by atoms with Crippen molar-refractivity contribution in [3.8, 4) is 0 Å². The Morgan fingerprint density at radius 3 is 2.96 bits per heavy atom. The van der Waals surface area contributed by atoms with Gasteiger partial charge in [-0.15, -0.1) is 11.3 Å². The highest BCUT2D eigenvalue weighted by atomic mass is 32.1. The van der Waals surface area contributed by atoms with Crippen LogP contribution in [0.5, 0.6) is 0 Å². The Morgan fingerprint density at radius 2 is 2.17 bits per heavy atom. The van der Waals surface area contributed by atoms with Crippen molar-refractivity contribution in [2.24, 2.45) is 0 Å². The minimum atomic E-state index is -0.385. The van der Waals surface area contributed by atoms with E-state index < -0.39 is 0 Å². The molecule has 0 aliphatic heterocycles. The van der Waals surface area contributed by atoms with Gasteiger partial charge in [-0.1, -0.05) is 18.2 Å². The lowest BCUT2D eigenvalue weighted by atomic mass is 10.1. The number of benzene rings is 1. The first-order chi connectivity index (χ1) is 11.7. The second kappa shape index (κ2) is 7.37. The van der Waals surface area contributed by atoms with Gasteiger partial charge in [0.2, 0.25) is 0 Å². The minimum absolute atomic E-state index is 0.188. The van der Waals surface area contributed by atoms with Crippen LogP contribution < -0.4 is 5.32 Å². The third-order valence-corrected chi connectivity index (χ3v) is 4.18. The summed E-state index contributed by atoms with van der Waals surface area (Å²) in [6, 6.07) is 9.86. The molecule has 0 saturated heterocycles. The number of carbonyl (C=O) groups excluding carboxylic acids is 1. The molecule has 124 valence electrons. The Morgan fingerprint density at radius 1 is 1.33 bits per heavy atom. The molecular formula is C17H15FN2O3S. The number of anilines is 1. The fourth-order valence-electron chi connectivity index (χ4n) is 2.15. The summed E-state index contributed by atoms with van der Waals surface area (Å²) in [6.45, 7) is 0.303. The van der Waals surface area contributed by atoms with E-state index in [-0.39, 0.29) is 17.5 Å². The van der Waals surface area contributed by atoms with Crippen molar-refractivity contribution >= 4 is 22.4 Å². The van der Waals surface area contributed by atoms with Crippen LogP contribution in [0.4, 0.5) is 9.52 Å². The standard InChI is InChI=1S/C17H15FN2O3S/c1-22-10-12-6-7-15(23-12)16(21)20-17-19-9-13(24-17)8-11-4-2-3-5-14(11)18/h2-7,9H,8,10H2,1H3,(H,19,20,21). The lowest BCUT2D eigenvalue weighted by Gasteiger charge is -2.00. The molecule has 24 heavy (non-hydrogen) atoms. The number of furan rings is 1. The number of amides is 1. The van der Waals surface area contributed by atoms with Gasteiger partial charge in [-0.2, -0.15) is 0 Å². The van der Waals surface area contributed by atoms with Gasteiger partial charge < -0.3 is 9.15 Å². The van der Waals surface area contributed by atoms with Gasteiger partial charge >= 0.3 is 0 Å². The van der Waals surface area contributed by atoms with Crippen LogP contribution in [-0.2, 0) is 17.8 Å². The van der Waals surface area contributed by atoms with Gasteiger partial charge in [0, 0.05) is 24.6 Å². The maximum Gasteiger partial charge on any atom is 0.293 e. The first kappa shape index (κ1) is 16.4. The second-order valence-electron chi connectivity index (χ2n) is 5.05. The summed E-state index contributed by atoms with van der Waals surface area (Å²) in [6.07, 6.45) is 2.06. The molecule has 1 N–H and O–H groups in total. The summed E-state index contributed by atoms with van der Waals surface area (Å²) in [7, 11) is 1.55. The van der Waals surface area contributed by atoms with E-state index in [1.807, 2.05) is 0 Å². The molecule has 0 spiro atoms. The van der Waals surface area contributed by atoms with E-state index in [2.05, 4.69) is 10.3 Å². The van der Waals surface area contributed by atoms with Crippen LogP contribution in [0.15, 0.2) is 47.0 Å². The number of nitrogens with zero attached hydrogens (tertiary/aromatic N) is 1. The molecule has 7 heteroatoms. The molecule has 0 unspecified atom stereocenters. The largest absolute Gasteiger partial charge is 0.453 e. The molecule has 3 rings (SSSR count). The number of halogens is 1. The number of ether oxygens (including phenoxy) is 1. The SMILES string of the molecule is COCc1ccc(C(=O)Nc2ncc(Cc3ccccc3F)s2)o1. The Balaban J connectivity index is 1.65. The van der Waals surface area contributed by atoms with Crippen LogP contribution in [0.3, 0.4) is 0 Å². The number of hydrogen-bond donors (Lipinski definition) is 1. The summed E-state index contributed by atoms with van der Waals surface area (Å²) in [5.41, 5.74) is 0.592. The van der Waals surface area contributed by atoms with E-state index in [0.29, 0.717) is 29.5 Å². The van der Waals surface area contributed by atoms with Crippen molar-refractivity contribution in [2.45, 2.75) is 13.0 Å². The second-order valence-corrected chi connectivity index (χ2v) is 6.17. The average molecular weight is 346 g/mol. The highest BCUT2D eigenvalue weighted by molar-refractivity contribution is 7.15. The van der Waals surface area contributed by atoms with Crippen molar-refractivity contribution in [3.05, 3.63) is 70.4 Å². The van der Waals surface area contributed by atoms with Crippen LogP contribution in [-0.4, -0.2) is 18.0 Å². The first-order valence-electron chi connectivity index (χ1n) is 7.23. The van der Waals surface area contributed by atoms with Crippen molar-refractivity contribution < 1.29 is 18.3 Å². The number of rotatable bonds is 6. The minimum Gasteiger partial charge on any atom is -0.453 e. The maximum absolute atomic E-state index is 13.7. The lowest BCUT2D eigenvalue weighted by Crippen LogP contribution is -2.10. The van der Waals surface area contributed by atoms with Crippen molar-refractivity contribution in [1.29, 1.82) is 0 Å². The average Bonchev–Trinajstić information content (AvgIpc) is 3.20. The number of thiazole rings is 1. The van der Waals surface area contributed by atoms with E-state index in [9.17, 15) is 9.18 Å². The number of methoxy groups -OCH3 is 1. The van der Waals surface area contributed by atoms with E-state index in [1.54, 1.807) is 43.6 Å². The fraction of sp³-hybridized carbons (Fsp3) is 0.176. The summed E-state index contributed by atoms with van der Waals surface area (Å²) in [5.74, 6) is 0.122. The zero-order chi connectivity index (χ0) is 16.9. The molecule has 1 amide bonds. The number of carbonyl (C=O) groups is 1. The number of hydrogen-bond acceptors (Lipinski definition) is 5. The van der Waals surface area contributed by atoms with E-state index in [4.69, 9.17) is 9.15 Å². The lowest BCUT2D eigenvalue weighted by molar-refractivity contribution is 0.0987. The highest BCUT2D eigenvalue weighted by Crippen LogP contribution is 2.23. The van der Waals surface area contributed by atoms with Crippen molar-refractivity contribution in [2.75, 3.05) is 12.4 Å². The maximum atomic E-state index is 13.7. The van der Waals surface area contributed by atoms with Crippen molar-refractivity contribution in [3.63, 3.8) is 0 Å². The van der Waals surface area contributed by atoms with Gasteiger partial charge in [-0.25, -0.2) is 9.37 Å². The Labute approximate surface area is 142 Å². The summed E-state index contributed by atoms with van der Waals surface area (Å²) in [5, 5.41) is 3.12. The van der Waals surface area contributed by atoms with Gasteiger partial charge in [0.1, 0.15) is 18.2 Å². The van der Waals surface area contributed by atoms with Crippen LogP contribution >= 0.6 is 11.3 Å². The number of nitrogens with one attached hydrogen (secondary N) is 1. The molecule has 2 heterocycles. The molecule has 0 atom stereocenters. The number of aromatic nitrogens is 1. The van der Waals surface area contributed by atoms with Gasteiger partial charge in [-0.05, 0) is 23.8 Å². The molecule has 0 saturated carbocycles. The van der Waals surface area contributed by atoms with Crippen molar-refractivity contribution in [1.82, 2.24) is 4.98 Å². The third kappa shape index (κ3) is 3.87. The quantitative estimate of drug-likeness (QED) is 0.736. The molecule has 0 aliphatic rings. The Kier molecular flexibility index (Phi) is 5.02. The van der Waals surface area contributed by atoms with Gasteiger partial charge in [-0.3, -0.25) is 10.1 Å². The van der Waals surface area contributed by atoms with E-state index in [0.717, 1.165) is 4.88 Å². The molecule has 1 aromatic carbocycles. The summed E-state index contributed by atoms with van der Waals surface area (Å²) in [4.78, 5) is 17.1. The van der Waals surface area contributed by atoms with Gasteiger partial charge in [0.05, 0.1) is 0 Å². The molecule has 0 aliphatic carbocycles. The van der Waals surface area contributed by atoms with Crippen LogP contribution in [0.25, 0.3) is 0 Å². The van der Waals surface area contributed by atoms with Crippen LogP contribution in [0.2, 0.25) is 0 Å². The zero-order valence-electron chi connectivity index (χ0n) is 12.9. The fourth-order valence-corrected chi connectivity index (χ4v) is 2.99. The first-order valence-corrected chi connectivity index (χ1v) is 8.04. The smallest absolute Gasteiger partial charge is 0.293 e. The molecular weight excluding hydrogens is 331 g/mol. The monoisotopic (exact) mass is 346 g/mol. The Bertz CT molecular complexity index is 844. The molecule has 0 fully saturated rings. The molecule has 0 radical (unpaired) electrons. The van der Waals surface area contributed by atoms with Gasteiger partial charge in [0.25, 0.3) is 5.91 Å². The normalized spacial score (nSPS) is 10.8. The molecule has 0 bridgehead atoms. The Hall–Kier alpha value is -2.51. The van der Waals surface area contributed by atoms with Gasteiger partial charge in [0.15, 0.2) is 10.9 Å². The molecule has 5 nitrogen and oxygen atoms in total. The van der Waals surface area contributed by atoms with Crippen LogP contribution in [0, 0.1) is 5.82 Å². The van der Waals surface area contributed by atoms with Crippen LogP contribution in [0.1, 0.15) is 26.8 Å². The summed E-state index contributed by atoms with van der Waals surface area (Å²) < 4.78 is 24.0. The third-order valence-electron chi connectivity index (χ3n) is 3.27. The predicted octanol–water partition coefficient (Wildman–Crippen LogP) is 3.86. The van der Waals surface area contributed by atoms with E-state index >= 15 is 0 Å². The highest BCUT2D eigenvalue weighted by Gasteiger charge is 2.14. The predicted molar refractivity (Wildman–Crippen MR) is 88.7 cm³/mol. The topological polar surface area (TPSA) is 64.4 Å². The van der Waals surface area contributed by atoms with E-state index in [1.165, 1.54) is 17.4 Å². The molecule has 2 aromatic heterocycles. The summed E-state index contributed by atoms with van der Waals surface area (Å²) >= 11 is 1.30. The zero-order valence-corrected chi connectivity index (χ0v) is 13.7. The molecule has 3 aromatic rings.